The summed E-state index contributed by atoms with van der Waals surface area (Å²) in [5.41, 5.74) is 9.40. The summed E-state index contributed by atoms with van der Waals surface area (Å²) in [7, 11) is 0. The van der Waals surface area contributed by atoms with Crippen LogP contribution in [0.3, 0.4) is 0 Å². The van der Waals surface area contributed by atoms with Gasteiger partial charge in [-0.1, -0.05) is 115 Å². The molecule has 10 rings (SSSR count). The van der Waals surface area contributed by atoms with Crippen molar-refractivity contribution < 1.29 is 0 Å². The summed E-state index contributed by atoms with van der Waals surface area (Å²) in [5, 5.41) is 7.63. The molecule has 0 spiro atoms. The maximum atomic E-state index is 2.39. The van der Waals surface area contributed by atoms with Crippen LogP contribution in [0, 0.1) is 0 Å². The summed E-state index contributed by atoms with van der Waals surface area (Å²) in [5.74, 6) is 0. The molecule has 2 nitrogen and oxygen atoms in total. The van der Waals surface area contributed by atoms with E-state index in [2.05, 4.69) is 191 Å². The highest BCUT2D eigenvalue weighted by molar-refractivity contribution is 7.25. The molecule has 10 aromatic rings. The van der Waals surface area contributed by atoms with Crippen LogP contribution >= 0.6 is 11.3 Å². The maximum Gasteiger partial charge on any atom is 0.0547 e. The summed E-state index contributed by atoms with van der Waals surface area (Å²) in [6.45, 7) is 0. The number of rotatable bonds is 5. The molecule has 2 aromatic heterocycles. The van der Waals surface area contributed by atoms with Gasteiger partial charge in [0.25, 0.3) is 0 Å². The first-order valence-electron chi connectivity index (χ1n) is 16.7. The smallest absolute Gasteiger partial charge is 0.0547 e. The number of benzene rings is 8. The Morgan fingerprint density at radius 2 is 0.980 bits per heavy atom. The fourth-order valence-corrected chi connectivity index (χ4v) is 8.56. The Labute approximate surface area is 288 Å². The second kappa shape index (κ2) is 11.2. The van der Waals surface area contributed by atoms with Gasteiger partial charge < -0.3 is 9.47 Å². The summed E-state index contributed by atoms with van der Waals surface area (Å²) in [6.07, 6.45) is 0. The van der Waals surface area contributed by atoms with Gasteiger partial charge in [-0.25, -0.2) is 0 Å². The summed E-state index contributed by atoms with van der Waals surface area (Å²) >= 11 is 1.86. The van der Waals surface area contributed by atoms with Gasteiger partial charge >= 0.3 is 0 Å². The molecular formula is C46H30N2S. The molecule has 0 aliphatic heterocycles. The molecule has 0 saturated heterocycles. The van der Waals surface area contributed by atoms with E-state index in [4.69, 9.17) is 0 Å². The maximum absolute atomic E-state index is 2.39. The minimum Gasteiger partial charge on any atom is -0.310 e. The third-order valence-electron chi connectivity index (χ3n) is 9.76. The SMILES string of the molecule is c1ccc(-n2c3ccccc3c3ccc(-c4ccc(N(c5ccc6ccccc6c5)c5ccc6c(c5)sc5ccccc56)cc4)cc32)cc1. The van der Waals surface area contributed by atoms with Gasteiger partial charge in [0.15, 0.2) is 0 Å². The highest BCUT2D eigenvalue weighted by Crippen LogP contribution is 2.42. The van der Waals surface area contributed by atoms with E-state index < -0.39 is 0 Å². The number of aromatic nitrogens is 1. The van der Waals surface area contributed by atoms with Crippen molar-refractivity contribution in [3.05, 3.63) is 182 Å². The van der Waals surface area contributed by atoms with Crippen LogP contribution in [0.25, 0.3) is 69.6 Å². The molecule has 230 valence electrons. The number of anilines is 3. The zero-order valence-corrected chi connectivity index (χ0v) is 27.4. The van der Waals surface area contributed by atoms with Gasteiger partial charge in [0.05, 0.1) is 11.0 Å². The van der Waals surface area contributed by atoms with Gasteiger partial charge in [0.1, 0.15) is 0 Å². The van der Waals surface area contributed by atoms with Crippen LogP contribution in [0.4, 0.5) is 17.1 Å². The third kappa shape index (κ3) is 4.62. The van der Waals surface area contributed by atoms with Crippen molar-refractivity contribution in [3.8, 4) is 16.8 Å². The van der Waals surface area contributed by atoms with Gasteiger partial charge in [0, 0.05) is 53.7 Å². The second-order valence-corrected chi connectivity index (χ2v) is 13.7. The summed E-state index contributed by atoms with van der Waals surface area (Å²) in [6, 6.07) is 66.2. The van der Waals surface area contributed by atoms with Crippen LogP contribution in [-0.4, -0.2) is 4.57 Å². The Morgan fingerprint density at radius 3 is 1.86 bits per heavy atom. The van der Waals surface area contributed by atoms with E-state index in [1.165, 1.54) is 69.6 Å². The van der Waals surface area contributed by atoms with Crippen molar-refractivity contribution in [2.24, 2.45) is 0 Å². The Kier molecular flexibility index (Phi) is 6.39. The molecular weight excluding hydrogens is 613 g/mol. The van der Waals surface area contributed by atoms with Crippen LogP contribution < -0.4 is 4.90 Å². The molecule has 0 aliphatic rings. The van der Waals surface area contributed by atoms with E-state index >= 15 is 0 Å². The molecule has 0 unspecified atom stereocenters. The number of fused-ring (bicyclic) bond motifs is 7. The summed E-state index contributed by atoms with van der Waals surface area (Å²) < 4.78 is 5.00. The van der Waals surface area contributed by atoms with E-state index in [1.807, 2.05) is 11.3 Å². The number of thiophene rings is 1. The standard InChI is InChI=1S/C46H30N2S/c1-2-12-35(13-3-1)48-43-16-8-6-14-39(43)40-26-21-34(29-44(40)48)32-18-22-36(23-19-32)47(37-24-20-31-10-4-5-11-33(31)28-37)38-25-27-42-41-15-7-9-17-45(41)49-46(42)30-38/h1-30H. The normalized spacial score (nSPS) is 11.7. The molecule has 0 amide bonds. The Balaban J connectivity index is 1.10. The monoisotopic (exact) mass is 642 g/mol. The van der Waals surface area contributed by atoms with Crippen LogP contribution in [0.2, 0.25) is 0 Å². The molecule has 0 radical (unpaired) electrons. The van der Waals surface area contributed by atoms with E-state index in [9.17, 15) is 0 Å². The summed E-state index contributed by atoms with van der Waals surface area (Å²) in [4.78, 5) is 2.39. The lowest BCUT2D eigenvalue weighted by Gasteiger charge is -2.26. The first-order chi connectivity index (χ1) is 24.3. The minimum atomic E-state index is 1.12. The second-order valence-electron chi connectivity index (χ2n) is 12.6. The predicted molar refractivity (Wildman–Crippen MR) is 211 cm³/mol. The minimum absolute atomic E-state index is 1.12. The molecule has 0 bridgehead atoms. The lowest BCUT2D eigenvalue weighted by Crippen LogP contribution is -2.09. The van der Waals surface area contributed by atoms with E-state index in [1.54, 1.807) is 0 Å². The Hall–Kier alpha value is -6.16. The Morgan fingerprint density at radius 1 is 0.367 bits per heavy atom. The van der Waals surface area contributed by atoms with Crippen molar-refractivity contribution in [2.45, 2.75) is 0 Å². The van der Waals surface area contributed by atoms with Gasteiger partial charge in [-0.15, -0.1) is 11.3 Å². The molecule has 2 heterocycles. The average molecular weight is 643 g/mol. The van der Waals surface area contributed by atoms with Crippen molar-refractivity contribution in [3.63, 3.8) is 0 Å². The molecule has 0 atom stereocenters. The van der Waals surface area contributed by atoms with Crippen molar-refractivity contribution >= 4 is 81.1 Å². The van der Waals surface area contributed by atoms with Crippen molar-refractivity contribution in [1.29, 1.82) is 0 Å². The molecule has 8 aromatic carbocycles. The molecule has 3 heteroatoms. The van der Waals surface area contributed by atoms with Crippen LogP contribution in [0.15, 0.2) is 182 Å². The van der Waals surface area contributed by atoms with E-state index in [0.717, 1.165) is 17.1 Å². The number of hydrogen-bond donors (Lipinski definition) is 0. The number of hydrogen-bond acceptors (Lipinski definition) is 2. The topological polar surface area (TPSA) is 8.17 Å². The van der Waals surface area contributed by atoms with Gasteiger partial charge in [-0.2, -0.15) is 0 Å². The van der Waals surface area contributed by atoms with Gasteiger partial charge in [0.2, 0.25) is 0 Å². The average Bonchev–Trinajstić information content (AvgIpc) is 3.70. The number of nitrogens with zero attached hydrogens (tertiary/aromatic N) is 2. The Bertz CT molecular complexity index is 2830. The number of para-hydroxylation sites is 2. The molecule has 0 saturated carbocycles. The molecule has 49 heavy (non-hydrogen) atoms. The lowest BCUT2D eigenvalue weighted by molar-refractivity contribution is 1.18. The first-order valence-corrected chi connectivity index (χ1v) is 17.5. The molecule has 0 aliphatic carbocycles. The van der Waals surface area contributed by atoms with E-state index in [0.29, 0.717) is 0 Å². The van der Waals surface area contributed by atoms with Gasteiger partial charge in [-0.05, 0) is 88.6 Å². The molecule has 0 N–H and O–H groups in total. The van der Waals surface area contributed by atoms with Gasteiger partial charge in [-0.3, -0.25) is 0 Å². The highest BCUT2D eigenvalue weighted by Gasteiger charge is 2.17. The first kappa shape index (κ1) is 27.9. The van der Waals surface area contributed by atoms with Crippen LogP contribution in [-0.2, 0) is 0 Å². The van der Waals surface area contributed by atoms with E-state index in [-0.39, 0.29) is 0 Å². The predicted octanol–water partition coefficient (Wildman–Crippen LogP) is 13.4. The largest absolute Gasteiger partial charge is 0.310 e. The van der Waals surface area contributed by atoms with Crippen molar-refractivity contribution in [1.82, 2.24) is 4.57 Å². The lowest BCUT2D eigenvalue weighted by atomic mass is 10.0. The zero-order valence-electron chi connectivity index (χ0n) is 26.6. The molecule has 0 fully saturated rings. The fourth-order valence-electron chi connectivity index (χ4n) is 7.42. The fraction of sp³-hybridized carbons (Fsp3) is 0. The van der Waals surface area contributed by atoms with Crippen LogP contribution in [0.5, 0.6) is 0 Å². The zero-order chi connectivity index (χ0) is 32.3. The third-order valence-corrected chi connectivity index (χ3v) is 10.9. The van der Waals surface area contributed by atoms with Crippen LogP contribution in [0.1, 0.15) is 0 Å². The van der Waals surface area contributed by atoms with Crippen molar-refractivity contribution in [2.75, 3.05) is 4.90 Å². The highest BCUT2D eigenvalue weighted by atomic mass is 32.1. The quantitative estimate of drug-likeness (QED) is 0.181.